The van der Waals surface area contributed by atoms with Crippen molar-refractivity contribution in [3.05, 3.63) is 45.1 Å². The van der Waals surface area contributed by atoms with Gasteiger partial charge in [-0.15, -0.1) is 11.3 Å². The second kappa shape index (κ2) is 8.84. The van der Waals surface area contributed by atoms with E-state index < -0.39 is 5.54 Å². The zero-order chi connectivity index (χ0) is 23.0. The van der Waals surface area contributed by atoms with Crippen LogP contribution in [0.25, 0.3) is 15.9 Å². The highest BCUT2D eigenvalue weighted by molar-refractivity contribution is 7.99. The number of hydrogen-bond donors (Lipinski definition) is 1. The summed E-state index contributed by atoms with van der Waals surface area (Å²) in [6.07, 6.45) is 6.16. The number of nitriles is 1. The number of carbonyl (C=O) groups is 1. The lowest BCUT2D eigenvalue weighted by atomic mass is 10.0. The Morgan fingerprint density at radius 2 is 2.09 bits per heavy atom. The zero-order valence-electron chi connectivity index (χ0n) is 18.3. The number of aromatic nitrogens is 2. The van der Waals surface area contributed by atoms with Crippen molar-refractivity contribution in [2.24, 2.45) is 0 Å². The Morgan fingerprint density at radius 3 is 2.85 bits per heavy atom. The fourth-order valence-electron chi connectivity index (χ4n) is 4.82. The van der Waals surface area contributed by atoms with E-state index in [0.717, 1.165) is 42.5 Å². The summed E-state index contributed by atoms with van der Waals surface area (Å²) >= 11 is 2.79. The van der Waals surface area contributed by atoms with Crippen molar-refractivity contribution in [3.63, 3.8) is 0 Å². The molecule has 1 aromatic carbocycles. The molecule has 2 aromatic heterocycles. The van der Waals surface area contributed by atoms with Gasteiger partial charge in [0.25, 0.3) is 5.56 Å². The van der Waals surface area contributed by atoms with Crippen molar-refractivity contribution in [2.45, 2.75) is 55.6 Å². The fourth-order valence-corrected chi connectivity index (χ4v) is 6.93. The number of methoxy groups -OCH3 is 1. The molecule has 7 nitrogen and oxygen atoms in total. The number of thioether (sulfide) groups is 1. The maximum atomic E-state index is 13.8. The predicted molar refractivity (Wildman–Crippen MR) is 129 cm³/mol. The second-order valence-electron chi connectivity index (χ2n) is 8.48. The first-order valence-corrected chi connectivity index (χ1v) is 12.9. The highest BCUT2D eigenvalue weighted by atomic mass is 32.2. The minimum absolute atomic E-state index is 0.0710. The first-order chi connectivity index (χ1) is 16.0. The summed E-state index contributed by atoms with van der Waals surface area (Å²) in [5, 5.41) is 13.6. The van der Waals surface area contributed by atoms with Crippen LogP contribution in [0.1, 0.15) is 42.5 Å². The van der Waals surface area contributed by atoms with Crippen molar-refractivity contribution >= 4 is 39.2 Å². The van der Waals surface area contributed by atoms with Crippen molar-refractivity contribution < 1.29 is 9.53 Å². The molecule has 0 spiro atoms. The van der Waals surface area contributed by atoms with Gasteiger partial charge in [0.1, 0.15) is 16.1 Å². The number of thiophene rings is 1. The van der Waals surface area contributed by atoms with Crippen LogP contribution in [0.5, 0.6) is 5.75 Å². The Kier molecular flexibility index (Phi) is 5.89. The molecule has 2 aliphatic rings. The van der Waals surface area contributed by atoms with Gasteiger partial charge in [0.2, 0.25) is 5.91 Å². The van der Waals surface area contributed by atoms with Gasteiger partial charge in [-0.05, 0) is 62.6 Å². The Balaban J connectivity index is 1.54. The minimum Gasteiger partial charge on any atom is -0.495 e. The second-order valence-corrected chi connectivity index (χ2v) is 10.5. The van der Waals surface area contributed by atoms with E-state index in [1.807, 2.05) is 24.3 Å². The van der Waals surface area contributed by atoms with Crippen LogP contribution in [0, 0.1) is 11.3 Å². The van der Waals surface area contributed by atoms with E-state index in [9.17, 15) is 14.9 Å². The van der Waals surface area contributed by atoms with Crippen LogP contribution in [0.2, 0.25) is 0 Å². The minimum atomic E-state index is -0.772. The molecule has 1 saturated carbocycles. The lowest BCUT2D eigenvalue weighted by Crippen LogP contribution is -2.45. The summed E-state index contributed by atoms with van der Waals surface area (Å²) in [5.74, 6) is 0.410. The molecule has 9 heteroatoms. The van der Waals surface area contributed by atoms with Crippen LogP contribution < -0.4 is 15.6 Å². The molecular formula is C24H24N4O3S2. The Hall–Kier alpha value is -2.83. The number of rotatable bonds is 6. The van der Waals surface area contributed by atoms with Crippen LogP contribution in [0.3, 0.4) is 0 Å². The standard InChI is InChI=1S/C24H24N4O3S2/c1-31-17-9-3-2-8-16(17)28-22(30)20-15-7-6-10-18(15)33-21(20)26-23(28)32-13-19(29)27-24(14-25)11-4-5-12-24/h2-3,8-9H,4-7,10-13H2,1H3,(H,27,29). The molecule has 3 aromatic rings. The molecule has 5 rings (SSSR count). The van der Waals surface area contributed by atoms with E-state index in [1.165, 1.54) is 16.6 Å². The van der Waals surface area contributed by atoms with Crippen molar-refractivity contribution in [3.8, 4) is 17.5 Å². The number of benzene rings is 1. The molecule has 33 heavy (non-hydrogen) atoms. The topological polar surface area (TPSA) is 97.0 Å². The molecule has 1 amide bonds. The Bertz CT molecular complexity index is 1330. The molecule has 2 aliphatic carbocycles. The van der Waals surface area contributed by atoms with Gasteiger partial charge in [-0.1, -0.05) is 23.9 Å². The number of nitrogens with zero attached hydrogens (tertiary/aromatic N) is 3. The van der Waals surface area contributed by atoms with Gasteiger partial charge in [-0.3, -0.25) is 14.2 Å². The number of hydrogen-bond acceptors (Lipinski definition) is 7. The average molecular weight is 481 g/mol. The number of ether oxygens (including phenoxy) is 1. The summed E-state index contributed by atoms with van der Waals surface area (Å²) in [6, 6.07) is 9.63. The normalized spacial score (nSPS) is 16.5. The van der Waals surface area contributed by atoms with Crippen LogP contribution in [-0.4, -0.2) is 33.9 Å². The largest absolute Gasteiger partial charge is 0.495 e. The number of carbonyl (C=O) groups excluding carboxylic acids is 1. The first kappa shape index (κ1) is 22.0. The highest BCUT2D eigenvalue weighted by Crippen LogP contribution is 2.37. The van der Waals surface area contributed by atoms with Gasteiger partial charge in [0.05, 0.1) is 30.0 Å². The molecule has 0 atom stereocenters. The lowest BCUT2D eigenvalue weighted by molar-refractivity contribution is -0.119. The molecule has 1 N–H and O–H groups in total. The van der Waals surface area contributed by atoms with Gasteiger partial charge in [-0.2, -0.15) is 5.26 Å². The molecule has 170 valence electrons. The van der Waals surface area contributed by atoms with Crippen molar-refractivity contribution in [1.29, 1.82) is 5.26 Å². The SMILES string of the molecule is COc1ccccc1-n1c(SCC(=O)NC2(C#N)CCCC2)nc2sc3c(c2c1=O)CCC3. The first-order valence-electron chi connectivity index (χ1n) is 11.1. The molecule has 0 unspecified atom stereocenters. The third-order valence-corrected chi connectivity index (χ3v) is 8.54. The molecule has 2 heterocycles. The summed E-state index contributed by atoms with van der Waals surface area (Å²) in [6.45, 7) is 0. The van der Waals surface area contributed by atoms with Crippen molar-refractivity contribution in [1.82, 2.24) is 14.9 Å². The van der Waals surface area contributed by atoms with E-state index in [2.05, 4.69) is 11.4 Å². The van der Waals surface area contributed by atoms with E-state index in [1.54, 1.807) is 23.0 Å². The predicted octanol–water partition coefficient (Wildman–Crippen LogP) is 3.99. The summed E-state index contributed by atoms with van der Waals surface area (Å²) < 4.78 is 7.10. The van der Waals surface area contributed by atoms with Gasteiger partial charge in [0.15, 0.2) is 5.16 Å². The van der Waals surface area contributed by atoms with Gasteiger partial charge in [0, 0.05) is 4.88 Å². The van der Waals surface area contributed by atoms with E-state index >= 15 is 0 Å². The van der Waals surface area contributed by atoms with E-state index in [0.29, 0.717) is 34.8 Å². The van der Waals surface area contributed by atoms with E-state index in [4.69, 9.17) is 9.72 Å². The van der Waals surface area contributed by atoms with Crippen LogP contribution >= 0.6 is 23.1 Å². The third-order valence-electron chi connectivity index (χ3n) is 6.42. The number of nitrogens with one attached hydrogen (secondary N) is 1. The Labute approximate surface area is 199 Å². The van der Waals surface area contributed by atoms with Gasteiger partial charge >= 0.3 is 0 Å². The Morgan fingerprint density at radius 1 is 1.30 bits per heavy atom. The summed E-state index contributed by atoms with van der Waals surface area (Å²) in [5.41, 5.74) is 0.814. The molecule has 0 saturated heterocycles. The smallest absolute Gasteiger partial charge is 0.267 e. The number of fused-ring (bicyclic) bond motifs is 3. The monoisotopic (exact) mass is 480 g/mol. The molecule has 0 bridgehead atoms. The number of aryl methyl sites for hydroxylation is 2. The molecular weight excluding hydrogens is 456 g/mol. The molecule has 1 fully saturated rings. The highest BCUT2D eigenvalue weighted by Gasteiger charge is 2.35. The van der Waals surface area contributed by atoms with Crippen LogP contribution in [-0.2, 0) is 17.6 Å². The summed E-state index contributed by atoms with van der Waals surface area (Å²) in [7, 11) is 1.57. The molecule has 0 radical (unpaired) electrons. The number of para-hydroxylation sites is 2. The summed E-state index contributed by atoms with van der Waals surface area (Å²) in [4.78, 5) is 33.3. The van der Waals surface area contributed by atoms with Crippen LogP contribution in [0.4, 0.5) is 0 Å². The van der Waals surface area contributed by atoms with Gasteiger partial charge < -0.3 is 10.1 Å². The maximum Gasteiger partial charge on any atom is 0.267 e. The maximum absolute atomic E-state index is 13.8. The lowest BCUT2D eigenvalue weighted by Gasteiger charge is -2.22. The zero-order valence-corrected chi connectivity index (χ0v) is 20.0. The van der Waals surface area contributed by atoms with E-state index in [-0.39, 0.29) is 17.2 Å². The third kappa shape index (κ3) is 3.91. The quantitative estimate of drug-likeness (QED) is 0.423. The van der Waals surface area contributed by atoms with Crippen LogP contribution in [0.15, 0.2) is 34.2 Å². The van der Waals surface area contributed by atoms with Crippen molar-refractivity contribution in [2.75, 3.05) is 12.9 Å². The van der Waals surface area contributed by atoms with Gasteiger partial charge in [-0.25, -0.2) is 4.98 Å². The average Bonchev–Trinajstić information content (AvgIpc) is 3.54. The fraction of sp³-hybridized carbons (Fsp3) is 0.417. The number of amides is 1. The molecule has 0 aliphatic heterocycles.